The number of hydrogen-bond acceptors (Lipinski definition) is 7. The Balaban J connectivity index is 1.67. The number of carbonyl (C=O) groups excluding carboxylic acids is 2. The summed E-state index contributed by atoms with van der Waals surface area (Å²) in [4.78, 5) is 32.3. The Kier molecular flexibility index (Phi) is 7.71. The summed E-state index contributed by atoms with van der Waals surface area (Å²) in [5.74, 6) is 0.933. The van der Waals surface area contributed by atoms with Crippen LogP contribution in [0, 0.1) is 5.92 Å². The number of anilines is 2. The molecule has 1 aromatic rings. The van der Waals surface area contributed by atoms with E-state index in [1.54, 1.807) is 7.05 Å². The lowest BCUT2D eigenvalue weighted by Gasteiger charge is -2.35. The summed E-state index contributed by atoms with van der Waals surface area (Å²) in [6, 6.07) is -0.649. The molecule has 0 spiro atoms. The van der Waals surface area contributed by atoms with Crippen molar-refractivity contribution in [3.05, 3.63) is 5.38 Å². The first-order valence-corrected chi connectivity index (χ1v) is 11.6. The fourth-order valence-electron chi connectivity index (χ4n) is 4.37. The zero-order valence-electron chi connectivity index (χ0n) is 17.4. The second kappa shape index (κ2) is 10.2. The molecule has 2 unspecified atom stereocenters. The number of nitrogen functional groups attached to an aromatic ring is 1. The highest BCUT2D eigenvalue weighted by Crippen LogP contribution is 2.29. The smallest absolute Gasteiger partial charge is 0.245 e. The van der Waals surface area contributed by atoms with E-state index in [0.29, 0.717) is 11.7 Å². The molecule has 1 saturated heterocycles. The molecule has 29 heavy (non-hydrogen) atoms. The Labute approximate surface area is 177 Å². The van der Waals surface area contributed by atoms with E-state index in [0.717, 1.165) is 50.9 Å². The van der Waals surface area contributed by atoms with E-state index in [2.05, 4.69) is 20.9 Å². The predicted octanol–water partition coefficient (Wildman–Crippen LogP) is 1.80. The molecule has 3 rings (SSSR count). The maximum absolute atomic E-state index is 13.5. The highest BCUT2D eigenvalue weighted by molar-refractivity contribution is 7.13. The van der Waals surface area contributed by atoms with Crippen LogP contribution in [0.1, 0.15) is 51.9 Å². The minimum atomic E-state index is -0.436. The molecule has 5 N–H and O–H groups in total. The summed E-state index contributed by atoms with van der Waals surface area (Å²) in [6.45, 7) is 3.21. The van der Waals surface area contributed by atoms with Gasteiger partial charge in [0, 0.05) is 24.5 Å². The average molecular weight is 423 g/mol. The van der Waals surface area contributed by atoms with E-state index in [9.17, 15) is 9.59 Å². The van der Waals surface area contributed by atoms with Crippen molar-refractivity contribution in [3.8, 4) is 0 Å². The van der Waals surface area contributed by atoms with E-state index in [1.807, 2.05) is 17.2 Å². The Morgan fingerprint density at radius 3 is 2.69 bits per heavy atom. The van der Waals surface area contributed by atoms with Gasteiger partial charge >= 0.3 is 0 Å². The summed E-state index contributed by atoms with van der Waals surface area (Å²) in [5.41, 5.74) is 5.70. The second-order valence-electron chi connectivity index (χ2n) is 8.17. The lowest BCUT2D eigenvalue weighted by molar-refractivity contribution is -0.139. The standard InChI is InChI=1S/C20H34N6O2S/c1-13(22-2)18(27)25-17(14-7-4-3-5-8-14)19(28)26-10-6-9-15(26)11-23-16-12-29-20(21)24-16/h12-15,17,22-23H,3-11H2,1-2H3,(H2,21,24)(H,25,27)/t13-,15?,17?/m0/s1. The summed E-state index contributed by atoms with van der Waals surface area (Å²) in [5, 5.41) is 11.8. The predicted molar refractivity (Wildman–Crippen MR) is 117 cm³/mol. The number of carbonyl (C=O) groups is 2. The minimum Gasteiger partial charge on any atom is -0.375 e. The normalized spacial score (nSPS) is 22.3. The third-order valence-electron chi connectivity index (χ3n) is 6.21. The Morgan fingerprint density at radius 2 is 2.03 bits per heavy atom. The number of aromatic nitrogens is 1. The molecule has 2 fully saturated rings. The van der Waals surface area contributed by atoms with Gasteiger partial charge in [-0.25, -0.2) is 4.98 Å². The number of nitrogens with one attached hydrogen (secondary N) is 3. The van der Waals surface area contributed by atoms with Crippen molar-refractivity contribution in [2.24, 2.45) is 5.92 Å². The van der Waals surface area contributed by atoms with Gasteiger partial charge in [-0.3, -0.25) is 9.59 Å². The largest absolute Gasteiger partial charge is 0.375 e. The third kappa shape index (κ3) is 5.60. The van der Waals surface area contributed by atoms with E-state index < -0.39 is 6.04 Å². The van der Waals surface area contributed by atoms with E-state index in [1.165, 1.54) is 17.8 Å². The summed E-state index contributed by atoms with van der Waals surface area (Å²) in [6.07, 6.45) is 7.40. The number of rotatable bonds is 8. The van der Waals surface area contributed by atoms with Crippen molar-refractivity contribution in [3.63, 3.8) is 0 Å². The zero-order chi connectivity index (χ0) is 20.8. The molecule has 162 valence electrons. The molecule has 1 aromatic heterocycles. The van der Waals surface area contributed by atoms with Gasteiger partial charge in [-0.15, -0.1) is 11.3 Å². The highest BCUT2D eigenvalue weighted by Gasteiger charge is 2.38. The molecule has 1 saturated carbocycles. The highest BCUT2D eigenvalue weighted by atomic mass is 32.1. The average Bonchev–Trinajstić information content (AvgIpc) is 3.38. The van der Waals surface area contributed by atoms with Gasteiger partial charge in [0.1, 0.15) is 11.9 Å². The van der Waals surface area contributed by atoms with Gasteiger partial charge < -0.3 is 26.6 Å². The molecular formula is C20H34N6O2S. The summed E-state index contributed by atoms with van der Waals surface area (Å²) >= 11 is 1.40. The molecule has 1 aliphatic carbocycles. The summed E-state index contributed by atoms with van der Waals surface area (Å²) in [7, 11) is 1.76. The monoisotopic (exact) mass is 422 g/mol. The first-order valence-electron chi connectivity index (χ1n) is 10.7. The molecule has 2 aliphatic rings. The molecule has 0 bridgehead atoms. The number of thiazole rings is 1. The van der Waals surface area contributed by atoms with E-state index in [4.69, 9.17) is 5.73 Å². The van der Waals surface area contributed by atoms with Gasteiger partial charge in [0.2, 0.25) is 11.8 Å². The quantitative estimate of drug-likeness (QED) is 0.508. The molecule has 2 heterocycles. The Bertz CT molecular complexity index is 690. The molecule has 0 radical (unpaired) electrons. The molecule has 9 heteroatoms. The van der Waals surface area contributed by atoms with Gasteiger partial charge in [0.05, 0.1) is 6.04 Å². The SMILES string of the molecule is CN[C@@H](C)C(=O)NC(C(=O)N1CCCC1CNc1csc(N)n1)C1CCCCC1. The number of nitrogens with zero attached hydrogens (tertiary/aromatic N) is 2. The molecule has 3 atom stereocenters. The van der Waals surface area contributed by atoms with Crippen molar-refractivity contribution in [2.45, 2.75) is 70.0 Å². The number of likely N-dealkylation sites (N-methyl/N-ethyl adjacent to an activating group) is 1. The van der Waals surface area contributed by atoms with Crippen LogP contribution in [-0.2, 0) is 9.59 Å². The first-order chi connectivity index (χ1) is 14.0. The molecule has 2 amide bonds. The maximum Gasteiger partial charge on any atom is 0.245 e. The number of likely N-dealkylation sites (tertiary alicyclic amines) is 1. The molecule has 0 aromatic carbocycles. The van der Waals surface area contributed by atoms with Crippen LogP contribution in [0.15, 0.2) is 5.38 Å². The Morgan fingerprint density at radius 1 is 1.28 bits per heavy atom. The van der Waals surface area contributed by atoms with Gasteiger partial charge in [0.15, 0.2) is 5.13 Å². The number of amides is 2. The van der Waals surface area contributed by atoms with E-state index >= 15 is 0 Å². The van der Waals surface area contributed by atoms with Crippen molar-refractivity contribution in [1.82, 2.24) is 20.5 Å². The van der Waals surface area contributed by atoms with Crippen LogP contribution in [0.25, 0.3) is 0 Å². The van der Waals surface area contributed by atoms with Crippen LogP contribution in [-0.4, -0.2) is 60.0 Å². The zero-order valence-corrected chi connectivity index (χ0v) is 18.3. The second-order valence-corrected chi connectivity index (χ2v) is 9.06. The van der Waals surface area contributed by atoms with Crippen LogP contribution < -0.4 is 21.7 Å². The topological polar surface area (TPSA) is 112 Å². The van der Waals surface area contributed by atoms with Gasteiger partial charge in [-0.05, 0) is 45.6 Å². The van der Waals surface area contributed by atoms with Crippen LogP contribution >= 0.6 is 11.3 Å². The van der Waals surface area contributed by atoms with Crippen LogP contribution in [0.3, 0.4) is 0 Å². The van der Waals surface area contributed by atoms with Crippen molar-refractivity contribution < 1.29 is 9.59 Å². The molecular weight excluding hydrogens is 388 g/mol. The van der Waals surface area contributed by atoms with Crippen LogP contribution in [0.4, 0.5) is 10.9 Å². The Hall–Kier alpha value is -1.87. The molecule has 8 nitrogen and oxygen atoms in total. The fraction of sp³-hybridized carbons (Fsp3) is 0.750. The van der Waals surface area contributed by atoms with Crippen LogP contribution in [0.5, 0.6) is 0 Å². The first kappa shape index (κ1) is 21.8. The third-order valence-corrected chi connectivity index (χ3v) is 6.89. The lowest BCUT2D eigenvalue weighted by Crippen LogP contribution is -2.57. The van der Waals surface area contributed by atoms with Crippen molar-refractivity contribution >= 4 is 34.1 Å². The maximum atomic E-state index is 13.5. The van der Waals surface area contributed by atoms with Gasteiger partial charge in [-0.1, -0.05) is 19.3 Å². The number of hydrogen-bond donors (Lipinski definition) is 4. The lowest BCUT2D eigenvalue weighted by atomic mass is 9.83. The van der Waals surface area contributed by atoms with Gasteiger partial charge in [-0.2, -0.15) is 0 Å². The van der Waals surface area contributed by atoms with Crippen molar-refractivity contribution in [1.29, 1.82) is 0 Å². The van der Waals surface area contributed by atoms with Crippen LogP contribution in [0.2, 0.25) is 0 Å². The molecule has 1 aliphatic heterocycles. The van der Waals surface area contributed by atoms with E-state index in [-0.39, 0.29) is 29.8 Å². The minimum absolute atomic E-state index is 0.0654. The summed E-state index contributed by atoms with van der Waals surface area (Å²) < 4.78 is 0. The fourth-order valence-corrected chi connectivity index (χ4v) is 4.89. The van der Waals surface area contributed by atoms with Crippen molar-refractivity contribution in [2.75, 3.05) is 31.2 Å². The number of nitrogens with two attached hydrogens (primary N) is 1. The van der Waals surface area contributed by atoms with Gasteiger partial charge in [0.25, 0.3) is 0 Å².